The molecule has 1 N–H and O–H groups in total. The van der Waals surface area contributed by atoms with E-state index in [1.807, 2.05) is 0 Å². The van der Waals surface area contributed by atoms with Crippen LogP contribution in [0, 0.1) is 0 Å². The van der Waals surface area contributed by atoms with Crippen molar-refractivity contribution in [2.75, 3.05) is 13.7 Å². The molecule has 126 valence electrons. The van der Waals surface area contributed by atoms with Gasteiger partial charge < -0.3 is 19.5 Å². The highest BCUT2D eigenvalue weighted by molar-refractivity contribution is 5.82. The molecule has 0 fully saturated rings. The molecule has 0 heterocycles. The molecule has 0 aromatic rings. The summed E-state index contributed by atoms with van der Waals surface area (Å²) in [6, 6.07) is -0.543. The number of esters is 2. The van der Waals surface area contributed by atoms with Crippen LogP contribution < -0.4 is 5.32 Å². The molecule has 7 nitrogen and oxygen atoms in total. The number of carbonyl (C=O) groups excluding carboxylic acids is 3. The highest BCUT2D eigenvalue weighted by Gasteiger charge is 2.19. The molecular formula is C15H25NO6. The zero-order valence-electron chi connectivity index (χ0n) is 13.8. The first-order valence-electron chi connectivity index (χ1n) is 7.09. The number of carbonyl (C=O) groups is 3. The van der Waals surface area contributed by atoms with Crippen molar-refractivity contribution in [2.45, 2.75) is 52.2 Å². The molecule has 0 aromatic carbocycles. The van der Waals surface area contributed by atoms with Crippen molar-refractivity contribution in [1.29, 1.82) is 0 Å². The lowest BCUT2D eigenvalue weighted by Gasteiger charge is -2.22. The molecule has 0 aromatic heterocycles. The monoisotopic (exact) mass is 315 g/mol. The van der Waals surface area contributed by atoms with E-state index < -0.39 is 29.7 Å². The first kappa shape index (κ1) is 19.9. The van der Waals surface area contributed by atoms with Crippen LogP contribution in [0.15, 0.2) is 12.2 Å². The molecule has 0 saturated heterocycles. The van der Waals surface area contributed by atoms with Gasteiger partial charge in [0, 0.05) is 12.5 Å². The van der Waals surface area contributed by atoms with E-state index in [9.17, 15) is 14.4 Å². The van der Waals surface area contributed by atoms with Crippen molar-refractivity contribution in [3.8, 4) is 0 Å². The SMILES string of the molecule is CCOC(=O)/C=C/[C@@H](CCC(=O)OC)NC(=O)OC(C)(C)C. The molecule has 22 heavy (non-hydrogen) atoms. The van der Waals surface area contributed by atoms with E-state index in [1.54, 1.807) is 27.7 Å². The van der Waals surface area contributed by atoms with Crippen LogP contribution in [-0.2, 0) is 23.8 Å². The number of amides is 1. The Morgan fingerprint density at radius 3 is 2.36 bits per heavy atom. The highest BCUT2D eigenvalue weighted by Crippen LogP contribution is 2.08. The van der Waals surface area contributed by atoms with Gasteiger partial charge in [0.2, 0.25) is 0 Å². The predicted octanol–water partition coefficient (Wildman–Crippen LogP) is 1.95. The smallest absolute Gasteiger partial charge is 0.408 e. The van der Waals surface area contributed by atoms with Crippen molar-refractivity contribution in [2.24, 2.45) is 0 Å². The zero-order valence-corrected chi connectivity index (χ0v) is 13.8. The summed E-state index contributed by atoms with van der Waals surface area (Å²) >= 11 is 0. The maximum atomic E-state index is 11.8. The van der Waals surface area contributed by atoms with Crippen molar-refractivity contribution >= 4 is 18.0 Å². The minimum Gasteiger partial charge on any atom is -0.469 e. The van der Waals surface area contributed by atoms with Crippen LogP contribution in [0.25, 0.3) is 0 Å². The van der Waals surface area contributed by atoms with Crippen molar-refractivity contribution in [3.05, 3.63) is 12.2 Å². The maximum Gasteiger partial charge on any atom is 0.408 e. The Balaban J connectivity index is 4.67. The summed E-state index contributed by atoms with van der Waals surface area (Å²) in [5.74, 6) is -0.919. The maximum absolute atomic E-state index is 11.8. The average molecular weight is 315 g/mol. The molecule has 0 unspecified atom stereocenters. The molecule has 0 aliphatic heterocycles. The lowest BCUT2D eigenvalue weighted by Crippen LogP contribution is -2.38. The molecule has 0 bridgehead atoms. The van der Waals surface area contributed by atoms with Gasteiger partial charge in [-0.3, -0.25) is 4.79 Å². The number of nitrogens with one attached hydrogen (secondary N) is 1. The van der Waals surface area contributed by atoms with Crippen LogP contribution in [0.1, 0.15) is 40.5 Å². The van der Waals surface area contributed by atoms with E-state index in [2.05, 4.69) is 10.1 Å². The molecule has 7 heteroatoms. The summed E-state index contributed by atoms with van der Waals surface area (Å²) < 4.78 is 14.5. The van der Waals surface area contributed by atoms with Crippen LogP contribution in [0.2, 0.25) is 0 Å². The largest absolute Gasteiger partial charge is 0.469 e. The molecule has 0 radical (unpaired) electrons. The van der Waals surface area contributed by atoms with Crippen LogP contribution in [-0.4, -0.2) is 43.4 Å². The van der Waals surface area contributed by atoms with Crippen LogP contribution in [0.3, 0.4) is 0 Å². The number of hydrogen-bond donors (Lipinski definition) is 1. The number of methoxy groups -OCH3 is 1. The summed E-state index contributed by atoms with van der Waals surface area (Å²) in [7, 11) is 1.28. The summed E-state index contributed by atoms with van der Waals surface area (Å²) in [4.78, 5) is 34.3. The van der Waals surface area contributed by atoms with E-state index in [4.69, 9.17) is 9.47 Å². The topological polar surface area (TPSA) is 90.9 Å². The lowest BCUT2D eigenvalue weighted by atomic mass is 10.1. The Morgan fingerprint density at radius 2 is 1.86 bits per heavy atom. The van der Waals surface area contributed by atoms with E-state index in [-0.39, 0.29) is 19.4 Å². The van der Waals surface area contributed by atoms with E-state index >= 15 is 0 Å². The van der Waals surface area contributed by atoms with Crippen LogP contribution >= 0.6 is 0 Å². The van der Waals surface area contributed by atoms with Crippen molar-refractivity contribution < 1.29 is 28.6 Å². The van der Waals surface area contributed by atoms with Gasteiger partial charge in [0.1, 0.15) is 5.60 Å². The fourth-order valence-corrected chi connectivity index (χ4v) is 1.44. The first-order valence-corrected chi connectivity index (χ1v) is 7.09. The summed E-state index contributed by atoms with van der Waals surface area (Å²) in [6.07, 6.45) is 2.43. The van der Waals surface area contributed by atoms with Gasteiger partial charge in [-0.15, -0.1) is 0 Å². The second kappa shape index (κ2) is 9.81. The van der Waals surface area contributed by atoms with Gasteiger partial charge in [0.15, 0.2) is 0 Å². The molecule has 1 atom stereocenters. The summed E-state index contributed by atoms with van der Waals surface area (Å²) in [6.45, 7) is 7.17. The third kappa shape index (κ3) is 10.7. The van der Waals surface area contributed by atoms with Gasteiger partial charge in [-0.25, -0.2) is 9.59 Å². The van der Waals surface area contributed by atoms with Gasteiger partial charge in [-0.2, -0.15) is 0 Å². The Morgan fingerprint density at radius 1 is 1.23 bits per heavy atom. The minimum atomic E-state index is -0.637. The Hall–Kier alpha value is -2.05. The number of alkyl carbamates (subject to hydrolysis) is 1. The van der Waals surface area contributed by atoms with E-state index in [0.29, 0.717) is 0 Å². The molecular weight excluding hydrogens is 290 g/mol. The zero-order chi connectivity index (χ0) is 17.2. The second-order valence-corrected chi connectivity index (χ2v) is 5.48. The molecule has 0 spiro atoms. The average Bonchev–Trinajstić information content (AvgIpc) is 2.39. The number of rotatable bonds is 7. The van der Waals surface area contributed by atoms with Gasteiger partial charge in [0.05, 0.1) is 19.8 Å². The third-order valence-electron chi connectivity index (χ3n) is 2.34. The number of ether oxygens (including phenoxy) is 3. The first-order chi connectivity index (χ1) is 10.2. The molecule has 1 amide bonds. The van der Waals surface area contributed by atoms with Crippen molar-refractivity contribution in [3.63, 3.8) is 0 Å². The fraction of sp³-hybridized carbons (Fsp3) is 0.667. The quantitative estimate of drug-likeness (QED) is 0.439. The number of hydrogen-bond acceptors (Lipinski definition) is 6. The highest BCUT2D eigenvalue weighted by atomic mass is 16.6. The van der Waals surface area contributed by atoms with Gasteiger partial charge >= 0.3 is 18.0 Å². The van der Waals surface area contributed by atoms with E-state index in [0.717, 1.165) is 0 Å². The van der Waals surface area contributed by atoms with Gasteiger partial charge in [0.25, 0.3) is 0 Å². The van der Waals surface area contributed by atoms with Crippen LogP contribution in [0.5, 0.6) is 0 Å². The lowest BCUT2D eigenvalue weighted by molar-refractivity contribution is -0.140. The van der Waals surface area contributed by atoms with Gasteiger partial charge in [-0.1, -0.05) is 6.08 Å². The second-order valence-electron chi connectivity index (χ2n) is 5.48. The normalized spacial score (nSPS) is 12.6. The van der Waals surface area contributed by atoms with Crippen LogP contribution in [0.4, 0.5) is 4.79 Å². The Bertz CT molecular complexity index is 411. The van der Waals surface area contributed by atoms with Crippen molar-refractivity contribution in [1.82, 2.24) is 5.32 Å². The summed E-state index contributed by atoms with van der Waals surface area (Å²) in [5.41, 5.74) is -0.637. The fourth-order valence-electron chi connectivity index (χ4n) is 1.44. The third-order valence-corrected chi connectivity index (χ3v) is 2.34. The summed E-state index contributed by atoms with van der Waals surface area (Å²) in [5, 5.41) is 2.59. The predicted molar refractivity (Wildman–Crippen MR) is 80.2 cm³/mol. The Kier molecular flexibility index (Phi) is 8.89. The Labute approximate surface area is 131 Å². The van der Waals surface area contributed by atoms with Gasteiger partial charge in [-0.05, 0) is 34.1 Å². The molecule has 0 aliphatic carbocycles. The minimum absolute atomic E-state index is 0.101. The molecule has 0 rings (SSSR count). The molecule has 0 saturated carbocycles. The standard InChI is InChI=1S/C15H25NO6/c1-6-21-13(18)10-8-11(7-9-12(17)20-5)16-14(19)22-15(2,3)4/h8,10-11H,6-7,9H2,1-5H3,(H,16,19)/b10-8+/t11-/m1/s1. The van der Waals surface area contributed by atoms with E-state index in [1.165, 1.54) is 19.3 Å². The molecule has 0 aliphatic rings.